The molecule has 0 spiro atoms. The molecule has 1 amide bonds. The zero-order chi connectivity index (χ0) is 16.5. The summed E-state index contributed by atoms with van der Waals surface area (Å²) in [5.74, 6) is 0.533. The van der Waals surface area contributed by atoms with Gasteiger partial charge in [0.05, 0.1) is 17.9 Å². The third kappa shape index (κ3) is 2.68. The third-order valence-corrected chi connectivity index (χ3v) is 4.12. The first-order chi connectivity index (χ1) is 11.7. The number of aryl methyl sites for hydroxylation is 2. The molecule has 0 aliphatic carbocycles. The Kier molecular flexibility index (Phi) is 3.60. The highest BCUT2D eigenvalue weighted by atomic mass is 16.5. The van der Waals surface area contributed by atoms with Gasteiger partial charge in [0.1, 0.15) is 5.76 Å². The Morgan fingerprint density at radius 1 is 1.21 bits per heavy atom. The quantitative estimate of drug-likeness (QED) is 0.723. The Bertz CT molecular complexity index is 868. The zero-order valence-corrected chi connectivity index (χ0v) is 13.3. The summed E-state index contributed by atoms with van der Waals surface area (Å²) in [6.45, 7) is 3.77. The summed E-state index contributed by atoms with van der Waals surface area (Å²) in [7, 11) is 0. The lowest BCUT2D eigenvalue weighted by Gasteiger charge is -2.18. The van der Waals surface area contributed by atoms with Crippen molar-refractivity contribution >= 4 is 5.91 Å². The van der Waals surface area contributed by atoms with Gasteiger partial charge in [-0.25, -0.2) is 0 Å². The number of pyridine rings is 1. The number of carbonyl (C=O) groups is 1. The third-order valence-electron chi connectivity index (χ3n) is 4.12. The molecule has 122 valence electrons. The molecule has 0 saturated heterocycles. The first-order valence-corrected chi connectivity index (χ1v) is 7.90. The monoisotopic (exact) mass is 323 g/mol. The average molecular weight is 323 g/mol. The van der Waals surface area contributed by atoms with E-state index in [9.17, 15) is 4.79 Å². The fraction of sp³-hybridized carbons (Fsp3) is 0.294. The van der Waals surface area contributed by atoms with Crippen molar-refractivity contribution in [1.29, 1.82) is 0 Å². The van der Waals surface area contributed by atoms with Crippen LogP contribution in [-0.4, -0.2) is 37.3 Å². The van der Waals surface area contributed by atoms with Gasteiger partial charge in [-0.2, -0.15) is 5.10 Å². The van der Waals surface area contributed by atoms with Crippen LogP contribution < -0.4 is 0 Å². The van der Waals surface area contributed by atoms with Crippen molar-refractivity contribution in [1.82, 2.24) is 24.8 Å². The van der Waals surface area contributed by atoms with E-state index in [2.05, 4.69) is 15.2 Å². The Balaban J connectivity index is 1.60. The summed E-state index contributed by atoms with van der Waals surface area (Å²) < 4.78 is 7.00. The van der Waals surface area contributed by atoms with Crippen LogP contribution in [-0.2, 0) is 13.1 Å². The van der Waals surface area contributed by atoms with Crippen molar-refractivity contribution in [3.05, 3.63) is 53.8 Å². The van der Waals surface area contributed by atoms with Crippen LogP contribution in [0, 0.1) is 6.92 Å². The minimum atomic E-state index is -0.105. The molecule has 7 heteroatoms. The van der Waals surface area contributed by atoms with Crippen molar-refractivity contribution in [3.63, 3.8) is 0 Å². The number of rotatable bonds is 2. The van der Waals surface area contributed by atoms with Crippen LogP contribution in [0.5, 0.6) is 0 Å². The molecule has 3 aromatic heterocycles. The van der Waals surface area contributed by atoms with Crippen LogP contribution in [0.2, 0.25) is 0 Å². The maximum atomic E-state index is 12.6. The van der Waals surface area contributed by atoms with E-state index in [-0.39, 0.29) is 5.91 Å². The lowest BCUT2D eigenvalue weighted by molar-refractivity contribution is 0.0735. The van der Waals surface area contributed by atoms with Crippen LogP contribution in [0.4, 0.5) is 0 Å². The molecule has 3 aromatic rings. The van der Waals surface area contributed by atoms with Gasteiger partial charge in [0.2, 0.25) is 0 Å². The van der Waals surface area contributed by atoms with Gasteiger partial charge in [0.15, 0.2) is 5.69 Å². The fourth-order valence-corrected chi connectivity index (χ4v) is 2.93. The van der Waals surface area contributed by atoms with Crippen LogP contribution in [0.25, 0.3) is 11.3 Å². The highest BCUT2D eigenvalue weighted by molar-refractivity contribution is 5.92. The van der Waals surface area contributed by atoms with Crippen molar-refractivity contribution in [2.45, 2.75) is 26.4 Å². The number of hydrogen-bond donors (Lipinski definition) is 0. The predicted octanol–water partition coefficient (Wildman–Crippen LogP) is 2.29. The molecular weight excluding hydrogens is 306 g/mol. The number of carbonyl (C=O) groups excluding carboxylic acids is 1. The summed E-state index contributed by atoms with van der Waals surface area (Å²) in [5.41, 5.74) is 3.30. The molecule has 4 rings (SSSR count). The molecule has 0 fully saturated rings. The minimum absolute atomic E-state index is 0.105. The molecule has 4 heterocycles. The second kappa shape index (κ2) is 5.92. The second-order valence-electron chi connectivity index (χ2n) is 5.88. The van der Waals surface area contributed by atoms with Crippen molar-refractivity contribution < 1.29 is 9.32 Å². The Morgan fingerprint density at radius 3 is 2.79 bits per heavy atom. The maximum Gasteiger partial charge on any atom is 0.276 e. The topological polar surface area (TPSA) is 77.1 Å². The standard InChI is InChI=1S/C17H17N5O2/c1-12-9-16(20-24-12)17(23)21-7-2-8-22-14(11-21)10-15(19-22)13-3-5-18-6-4-13/h3-6,9-10H,2,7-8,11H2,1H3. The van der Waals surface area contributed by atoms with E-state index in [0.29, 0.717) is 24.5 Å². The van der Waals surface area contributed by atoms with Crippen LogP contribution in [0.15, 0.2) is 41.2 Å². The fourth-order valence-electron chi connectivity index (χ4n) is 2.93. The van der Waals surface area contributed by atoms with E-state index in [4.69, 9.17) is 4.52 Å². The van der Waals surface area contributed by atoms with Crippen molar-refractivity contribution in [3.8, 4) is 11.3 Å². The number of fused-ring (bicyclic) bond motifs is 1. The molecule has 0 radical (unpaired) electrons. The summed E-state index contributed by atoms with van der Waals surface area (Å²) in [5, 5.41) is 8.50. The summed E-state index contributed by atoms with van der Waals surface area (Å²) in [6, 6.07) is 7.58. The molecule has 0 aromatic carbocycles. The highest BCUT2D eigenvalue weighted by Crippen LogP contribution is 2.22. The minimum Gasteiger partial charge on any atom is -0.361 e. The summed E-state index contributed by atoms with van der Waals surface area (Å²) in [4.78, 5) is 18.5. The van der Waals surface area contributed by atoms with E-state index in [1.54, 1.807) is 30.3 Å². The largest absolute Gasteiger partial charge is 0.361 e. The second-order valence-corrected chi connectivity index (χ2v) is 5.88. The molecule has 0 unspecified atom stereocenters. The van der Waals surface area contributed by atoms with Gasteiger partial charge >= 0.3 is 0 Å². The first-order valence-electron chi connectivity index (χ1n) is 7.90. The summed E-state index contributed by atoms with van der Waals surface area (Å²) >= 11 is 0. The van der Waals surface area contributed by atoms with Gasteiger partial charge in [-0.05, 0) is 31.5 Å². The molecule has 0 N–H and O–H groups in total. The molecule has 0 saturated carbocycles. The van der Waals surface area contributed by atoms with Gasteiger partial charge in [0, 0.05) is 37.1 Å². The Morgan fingerprint density at radius 2 is 2.04 bits per heavy atom. The van der Waals surface area contributed by atoms with E-state index in [0.717, 1.165) is 29.9 Å². The molecule has 0 bridgehead atoms. The maximum absolute atomic E-state index is 12.6. The summed E-state index contributed by atoms with van der Waals surface area (Å²) in [6.07, 6.45) is 4.36. The zero-order valence-electron chi connectivity index (χ0n) is 13.3. The number of aromatic nitrogens is 4. The van der Waals surface area contributed by atoms with E-state index in [1.165, 1.54) is 0 Å². The molecule has 1 aliphatic rings. The number of hydrogen-bond acceptors (Lipinski definition) is 5. The average Bonchev–Trinajstić information content (AvgIpc) is 3.16. The van der Waals surface area contributed by atoms with Gasteiger partial charge < -0.3 is 9.42 Å². The lowest BCUT2D eigenvalue weighted by atomic mass is 10.2. The normalized spacial score (nSPS) is 14.3. The molecule has 7 nitrogen and oxygen atoms in total. The van der Waals surface area contributed by atoms with Gasteiger partial charge in [-0.15, -0.1) is 0 Å². The Labute approximate surface area is 138 Å². The van der Waals surface area contributed by atoms with E-state index in [1.807, 2.05) is 22.9 Å². The van der Waals surface area contributed by atoms with Crippen molar-refractivity contribution in [2.24, 2.45) is 0 Å². The smallest absolute Gasteiger partial charge is 0.276 e. The first kappa shape index (κ1) is 14.6. The number of nitrogens with zero attached hydrogens (tertiary/aromatic N) is 5. The van der Waals surface area contributed by atoms with Gasteiger partial charge in [-0.3, -0.25) is 14.5 Å². The number of amides is 1. The van der Waals surface area contributed by atoms with Crippen molar-refractivity contribution in [2.75, 3.05) is 6.54 Å². The highest BCUT2D eigenvalue weighted by Gasteiger charge is 2.24. The van der Waals surface area contributed by atoms with E-state index >= 15 is 0 Å². The lowest BCUT2D eigenvalue weighted by Crippen LogP contribution is -2.30. The van der Waals surface area contributed by atoms with Gasteiger partial charge in [-0.1, -0.05) is 5.16 Å². The van der Waals surface area contributed by atoms with Crippen LogP contribution >= 0.6 is 0 Å². The molecule has 1 aliphatic heterocycles. The molecule has 0 atom stereocenters. The molecular formula is C17H17N5O2. The van der Waals surface area contributed by atoms with Crippen LogP contribution in [0.3, 0.4) is 0 Å². The van der Waals surface area contributed by atoms with Gasteiger partial charge in [0.25, 0.3) is 5.91 Å². The van der Waals surface area contributed by atoms with E-state index < -0.39 is 0 Å². The van der Waals surface area contributed by atoms with Crippen LogP contribution in [0.1, 0.15) is 28.4 Å². The SMILES string of the molecule is Cc1cc(C(=O)N2CCCn3nc(-c4ccncc4)cc3C2)no1. The predicted molar refractivity (Wildman–Crippen MR) is 86.1 cm³/mol. The Hall–Kier alpha value is -2.96. The molecule has 24 heavy (non-hydrogen) atoms.